The summed E-state index contributed by atoms with van der Waals surface area (Å²) in [6.45, 7) is 0. The number of halogens is 3. The number of carbonyl (C=O) groups excluding carboxylic acids is 1. The monoisotopic (exact) mass is 359 g/mol. The van der Waals surface area contributed by atoms with E-state index in [1.54, 1.807) is 0 Å². The molecule has 0 heterocycles. The maximum absolute atomic E-state index is 13.4. The van der Waals surface area contributed by atoms with Gasteiger partial charge in [0.2, 0.25) is 0 Å². The van der Waals surface area contributed by atoms with Gasteiger partial charge in [-0.1, -0.05) is 30.3 Å². The van der Waals surface area contributed by atoms with E-state index in [-0.39, 0.29) is 0 Å². The summed E-state index contributed by atoms with van der Waals surface area (Å²) < 4.78 is 69.3. The number of sulfonamides is 1. The largest absolute Gasteiger partial charge is 0.498 e. The van der Waals surface area contributed by atoms with Crippen molar-refractivity contribution in [2.75, 3.05) is 11.4 Å². The molecule has 9 heteroatoms. The molecule has 2 aromatic rings. The molecule has 0 radical (unpaired) electrons. The van der Waals surface area contributed by atoms with E-state index in [0.717, 1.165) is 31.4 Å². The van der Waals surface area contributed by atoms with E-state index in [9.17, 15) is 26.4 Å². The Morgan fingerprint density at radius 1 is 1.00 bits per heavy atom. The van der Waals surface area contributed by atoms with E-state index in [4.69, 9.17) is 0 Å². The fourth-order valence-corrected chi connectivity index (χ4v) is 3.60. The first-order valence-electron chi connectivity index (χ1n) is 6.54. The third-order valence-corrected chi connectivity index (χ3v) is 4.84. The maximum Gasteiger partial charge on any atom is 0.498 e. The lowest BCUT2D eigenvalue weighted by Gasteiger charge is -2.26. The molecule has 0 aliphatic carbocycles. The zero-order chi connectivity index (χ0) is 18.0. The smallest absolute Gasteiger partial charge is 0.465 e. The number of hydrogen-bond donors (Lipinski definition) is 0. The summed E-state index contributed by atoms with van der Waals surface area (Å²) in [5.41, 5.74) is -1.07. The van der Waals surface area contributed by atoms with Crippen LogP contribution in [0.5, 0.6) is 0 Å². The van der Waals surface area contributed by atoms with Gasteiger partial charge < -0.3 is 4.74 Å². The van der Waals surface area contributed by atoms with Crippen molar-refractivity contribution in [3.05, 3.63) is 60.2 Å². The van der Waals surface area contributed by atoms with Gasteiger partial charge in [0.25, 0.3) is 10.0 Å². The molecular formula is C15H12F3NO4S. The molecule has 0 atom stereocenters. The normalized spacial score (nSPS) is 11.8. The molecule has 128 valence electrons. The highest BCUT2D eigenvalue weighted by molar-refractivity contribution is 7.93. The summed E-state index contributed by atoms with van der Waals surface area (Å²) in [6.07, 6.45) is -5.22. The Hall–Kier alpha value is -2.55. The van der Waals surface area contributed by atoms with Crippen LogP contribution in [0.25, 0.3) is 0 Å². The first-order valence-corrected chi connectivity index (χ1v) is 7.98. The lowest BCUT2D eigenvalue weighted by Crippen LogP contribution is -2.43. The van der Waals surface area contributed by atoms with E-state index >= 15 is 0 Å². The van der Waals surface area contributed by atoms with Crippen molar-refractivity contribution in [1.82, 2.24) is 0 Å². The molecule has 0 aromatic heterocycles. The number of methoxy groups -OCH3 is 1. The fourth-order valence-electron chi connectivity index (χ4n) is 2.05. The van der Waals surface area contributed by atoms with Crippen LogP contribution in [-0.2, 0) is 14.8 Å². The standard InChI is InChI=1S/C15H12F3NO4S/c1-23-14(20)12-9-5-6-10-13(12)24(21,22)19(15(16,17)18)11-7-3-2-4-8-11/h2-10H,1H3. The second-order valence-electron chi connectivity index (χ2n) is 4.56. The number of hydrogen-bond acceptors (Lipinski definition) is 4. The van der Waals surface area contributed by atoms with Gasteiger partial charge in [-0.05, 0) is 24.3 Å². The first kappa shape index (κ1) is 17.8. The van der Waals surface area contributed by atoms with E-state index in [1.807, 2.05) is 0 Å². The van der Waals surface area contributed by atoms with Crippen molar-refractivity contribution in [3.63, 3.8) is 0 Å². The van der Waals surface area contributed by atoms with Crippen molar-refractivity contribution >= 4 is 21.7 Å². The van der Waals surface area contributed by atoms with Crippen LogP contribution < -0.4 is 4.31 Å². The quantitative estimate of drug-likeness (QED) is 0.621. The third kappa shape index (κ3) is 3.35. The number of anilines is 1. The fraction of sp³-hybridized carbons (Fsp3) is 0.133. The van der Waals surface area contributed by atoms with Crippen molar-refractivity contribution in [3.8, 4) is 0 Å². The molecule has 2 rings (SSSR count). The van der Waals surface area contributed by atoms with Crippen LogP contribution in [0.4, 0.5) is 18.9 Å². The molecule has 0 aliphatic heterocycles. The Bertz CT molecular complexity index is 835. The third-order valence-electron chi connectivity index (χ3n) is 3.03. The molecule has 0 aliphatic rings. The van der Waals surface area contributed by atoms with Gasteiger partial charge in [0.05, 0.1) is 18.4 Å². The summed E-state index contributed by atoms with van der Waals surface area (Å²) in [5, 5.41) is 0. The van der Waals surface area contributed by atoms with E-state index in [1.165, 1.54) is 30.3 Å². The van der Waals surface area contributed by atoms with Gasteiger partial charge in [-0.3, -0.25) is 0 Å². The van der Waals surface area contributed by atoms with E-state index < -0.39 is 42.7 Å². The number of rotatable bonds is 4. The van der Waals surface area contributed by atoms with Crippen LogP contribution in [0, 0.1) is 0 Å². The number of benzene rings is 2. The van der Waals surface area contributed by atoms with Crippen LogP contribution in [0.2, 0.25) is 0 Å². The van der Waals surface area contributed by atoms with E-state index in [0.29, 0.717) is 0 Å². The minimum absolute atomic E-state index is 0.481. The van der Waals surface area contributed by atoms with Crippen molar-refractivity contribution in [2.24, 2.45) is 0 Å². The molecular weight excluding hydrogens is 347 g/mol. The Kier molecular flexibility index (Phi) is 4.83. The predicted molar refractivity (Wildman–Crippen MR) is 79.9 cm³/mol. The Morgan fingerprint density at radius 3 is 2.08 bits per heavy atom. The van der Waals surface area contributed by atoms with Gasteiger partial charge in [0.15, 0.2) is 0 Å². The van der Waals surface area contributed by atoms with Crippen molar-refractivity contribution in [2.45, 2.75) is 11.2 Å². The van der Waals surface area contributed by atoms with Crippen LogP contribution in [0.1, 0.15) is 10.4 Å². The van der Waals surface area contributed by atoms with Gasteiger partial charge in [-0.2, -0.15) is 4.31 Å². The Balaban J connectivity index is 2.70. The van der Waals surface area contributed by atoms with Crippen LogP contribution in [-0.4, -0.2) is 27.8 Å². The number of esters is 1. The van der Waals surface area contributed by atoms with Crippen LogP contribution >= 0.6 is 0 Å². The van der Waals surface area contributed by atoms with Crippen LogP contribution in [0.3, 0.4) is 0 Å². The predicted octanol–water partition coefficient (Wildman–Crippen LogP) is 3.19. The maximum atomic E-state index is 13.4. The number of ether oxygens (including phenoxy) is 1. The molecule has 0 spiro atoms. The minimum atomic E-state index is -5.22. The SMILES string of the molecule is COC(=O)c1ccccc1S(=O)(=O)N(c1ccccc1)C(F)(F)F. The first-order chi connectivity index (χ1) is 11.2. The zero-order valence-electron chi connectivity index (χ0n) is 12.3. The Morgan fingerprint density at radius 2 is 1.54 bits per heavy atom. The highest BCUT2D eigenvalue weighted by Gasteiger charge is 2.47. The molecule has 0 fully saturated rings. The summed E-state index contributed by atoms with van der Waals surface area (Å²) in [6, 6.07) is 10.6. The second-order valence-corrected chi connectivity index (χ2v) is 6.32. The highest BCUT2D eigenvalue weighted by atomic mass is 32.2. The van der Waals surface area contributed by atoms with Crippen molar-refractivity contribution < 1.29 is 31.1 Å². The summed E-state index contributed by atoms with van der Waals surface area (Å²) in [4.78, 5) is 10.9. The van der Waals surface area contributed by atoms with Gasteiger partial charge >= 0.3 is 12.3 Å². The molecule has 0 amide bonds. The molecule has 24 heavy (non-hydrogen) atoms. The number of para-hydroxylation sites is 1. The molecule has 0 saturated carbocycles. The second kappa shape index (κ2) is 6.52. The summed E-state index contributed by atoms with van der Waals surface area (Å²) in [7, 11) is -4.09. The summed E-state index contributed by atoms with van der Waals surface area (Å²) in [5.74, 6) is -1.05. The van der Waals surface area contributed by atoms with Gasteiger partial charge in [-0.25, -0.2) is 13.2 Å². The molecule has 2 aromatic carbocycles. The zero-order valence-corrected chi connectivity index (χ0v) is 13.1. The average molecular weight is 359 g/mol. The molecule has 0 N–H and O–H groups in total. The lowest BCUT2D eigenvalue weighted by atomic mass is 10.2. The molecule has 0 bridgehead atoms. The molecule has 0 saturated heterocycles. The van der Waals surface area contributed by atoms with Gasteiger partial charge in [0.1, 0.15) is 4.90 Å². The Labute approximate surface area is 136 Å². The number of carbonyl (C=O) groups is 1. The number of nitrogens with zero attached hydrogens (tertiary/aromatic N) is 1. The average Bonchev–Trinajstić information content (AvgIpc) is 2.53. The van der Waals surface area contributed by atoms with Gasteiger partial charge in [-0.15, -0.1) is 13.2 Å². The van der Waals surface area contributed by atoms with E-state index in [2.05, 4.69) is 4.74 Å². The highest BCUT2D eigenvalue weighted by Crippen LogP contribution is 2.35. The number of alkyl halides is 3. The minimum Gasteiger partial charge on any atom is -0.465 e. The van der Waals surface area contributed by atoms with Gasteiger partial charge in [0, 0.05) is 0 Å². The molecule has 0 unspecified atom stereocenters. The van der Waals surface area contributed by atoms with Crippen molar-refractivity contribution in [1.29, 1.82) is 0 Å². The topological polar surface area (TPSA) is 63.7 Å². The van der Waals surface area contributed by atoms with Crippen LogP contribution in [0.15, 0.2) is 59.5 Å². The summed E-state index contributed by atoms with van der Waals surface area (Å²) >= 11 is 0. The lowest BCUT2D eigenvalue weighted by molar-refractivity contribution is -0.115. The molecule has 5 nitrogen and oxygen atoms in total.